The Kier molecular flexibility index (Phi) is 7.57. The number of benzene rings is 3. The summed E-state index contributed by atoms with van der Waals surface area (Å²) in [6.07, 6.45) is 9.75. The van der Waals surface area contributed by atoms with Gasteiger partial charge in [-0.2, -0.15) is 0 Å². The molecule has 0 saturated heterocycles. The molecule has 1 unspecified atom stereocenters. The Bertz CT molecular complexity index is 1720. The van der Waals surface area contributed by atoms with Crippen molar-refractivity contribution in [3.8, 4) is 22.6 Å². The Morgan fingerprint density at radius 2 is 1.73 bits per heavy atom. The van der Waals surface area contributed by atoms with Crippen molar-refractivity contribution in [2.45, 2.75) is 64.3 Å². The molecule has 3 heterocycles. The first kappa shape index (κ1) is 27.8. The molecular formula is C37H35IrN3-2. The first-order chi connectivity index (χ1) is 19.5. The van der Waals surface area contributed by atoms with Crippen molar-refractivity contribution in [2.75, 3.05) is 0 Å². The molecule has 41 heavy (non-hydrogen) atoms. The van der Waals surface area contributed by atoms with Gasteiger partial charge in [-0.15, -0.1) is 71.3 Å². The van der Waals surface area contributed by atoms with Gasteiger partial charge in [0.25, 0.3) is 0 Å². The van der Waals surface area contributed by atoms with E-state index in [9.17, 15) is 0 Å². The van der Waals surface area contributed by atoms with Crippen LogP contribution in [0.2, 0.25) is 0 Å². The third-order valence-electron chi connectivity index (χ3n) is 9.49. The molecule has 4 heteroatoms. The zero-order valence-electron chi connectivity index (χ0n) is 23.9. The maximum absolute atomic E-state index is 4.91. The van der Waals surface area contributed by atoms with Gasteiger partial charge in [-0.3, -0.25) is 4.98 Å². The van der Waals surface area contributed by atoms with Gasteiger partial charge in [0.15, 0.2) is 0 Å². The van der Waals surface area contributed by atoms with Crippen LogP contribution in [0.3, 0.4) is 0 Å². The molecule has 3 aromatic carbocycles. The number of allylic oxidation sites excluding steroid dienone is 2. The van der Waals surface area contributed by atoms with Crippen molar-refractivity contribution in [3.63, 3.8) is 0 Å². The molecule has 1 atom stereocenters. The third-order valence-corrected chi connectivity index (χ3v) is 9.49. The van der Waals surface area contributed by atoms with Crippen molar-refractivity contribution in [3.05, 3.63) is 114 Å². The molecule has 209 valence electrons. The maximum Gasteiger partial charge on any atom is 0.0777 e. The van der Waals surface area contributed by atoms with Crippen LogP contribution in [0.15, 0.2) is 85.1 Å². The number of pyridine rings is 1. The van der Waals surface area contributed by atoms with Gasteiger partial charge >= 0.3 is 0 Å². The Balaban J connectivity index is 0.000000151. The van der Waals surface area contributed by atoms with Gasteiger partial charge in [0.1, 0.15) is 0 Å². The predicted molar refractivity (Wildman–Crippen MR) is 164 cm³/mol. The van der Waals surface area contributed by atoms with Crippen LogP contribution in [0.25, 0.3) is 39.3 Å². The van der Waals surface area contributed by atoms with Crippen molar-refractivity contribution in [1.82, 2.24) is 14.5 Å². The Morgan fingerprint density at radius 3 is 2.54 bits per heavy atom. The van der Waals surface area contributed by atoms with Crippen molar-refractivity contribution in [1.29, 1.82) is 0 Å². The van der Waals surface area contributed by atoms with E-state index in [2.05, 4.69) is 97.1 Å². The number of fused-ring (bicyclic) bond motifs is 3. The van der Waals surface area contributed by atoms with E-state index in [1.54, 1.807) is 5.57 Å². The fraction of sp³-hybridized carbons (Fsp3) is 0.297. The van der Waals surface area contributed by atoms with Gasteiger partial charge in [0.2, 0.25) is 0 Å². The molecule has 0 spiro atoms. The van der Waals surface area contributed by atoms with Gasteiger partial charge < -0.3 is 9.55 Å². The predicted octanol–water partition coefficient (Wildman–Crippen LogP) is 9.03. The van der Waals surface area contributed by atoms with Crippen LogP contribution in [-0.4, -0.2) is 14.5 Å². The van der Waals surface area contributed by atoms with Gasteiger partial charge in [0.05, 0.1) is 16.9 Å². The second kappa shape index (κ2) is 11.2. The summed E-state index contributed by atoms with van der Waals surface area (Å²) in [5.74, 6) is 2.28. The Hall–Kier alpha value is -3.33. The molecule has 1 saturated carbocycles. The number of para-hydroxylation sites is 1. The maximum atomic E-state index is 4.91. The summed E-state index contributed by atoms with van der Waals surface area (Å²) in [5.41, 5.74) is 11.6. The van der Waals surface area contributed by atoms with E-state index in [1.807, 2.05) is 30.5 Å². The van der Waals surface area contributed by atoms with E-state index < -0.39 is 0 Å². The van der Waals surface area contributed by atoms with Gasteiger partial charge in [-0.25, -0.2) is 0 Å². The normalized spacial score (nSPS) is 18.4. The second-order valence-electron chi connectivity index (χ2n) is 12.0. The minimum Gasteiger partial charge on any atom is -0.360 e. The van der Waals surface area contributed by atoms with Crippen LogP contribution in [-0.2, 0) is 32.1 Å². The van der Waals surface area contributed by atoms with Gasteiger partial charge in [-0.1, -0.05) is 63.5 Å². The fourth-order valence-corrected chi connectivity index (χ4v) is 7.02. The quantitative estimate of drug-likeness (QED) is 0.171. The van der Waals surface area contributed by atoms with E-state index in [0.29, 0.717) is 5.92 Å². The summed E-state index contributed by atoms with van der Waals surface area (Å²) < 4.78 is 2.36. The van der Waals surface area contributed by atoms with Gasteiger partial charge in [0, 0.05) is 38.4 Å². The van der Waals surface area contributed by atoms with E-state index in [4.69, 9.17) is 4.98 Å². The molecule has 1 radical (unpaired) electrons. The summed E-state index contributed by atoms with van der Waals surface area (Å²) in [4.78, 5) is 9.47. The van der Waals surface area contributed by atoms with Crippen LogP contribution < -0.4 is 0 Å². The number of hydrogen-bond acceptors (Lipinski definition) is 2. The first-order valence-electron chi connectivity index (χ1n) is 14.7. The molecular weight excluding hydrogens is 679 g/mol. The molecule has 0 N–H and O–H groups in total. The average molecular weight is 714 g/mol. The molecule has 1 aliphatic heterocycles. The largest absolute Gasteiger partial charge is 0.360 e. The first-order valence-corrected chi connectivity index (χ1v) is 14.7. The topological polar surface area (TPSA) is 30.7 Å². The zero-order valence-corrected chi connectivity index (χ0v) is 26.3. The second-order valence-corrected chi connectivity index (χ2v) is 12.0. The minimum absolute atomic E-state index is 0. The van der Waals surface area contributed by atoms with Crippen LogP contribution in [0.4, 0.5) is 0 Å². The fourth-order valence-electron chi connectivity index (χ4n) is 7.02. The van der Waals surface area contributed by atoms with Gasteiger partial charge in [-0.05, 0) is 53.5 Å². The molecule has 1 fully saturated rings. The smallest absolute Gasteiger partial charge is 0.0777 e. The number of hydrogen-bond donors (Lipinski definition) is 0. The summed E-state index contributed by atoms with van der Waals surface area (Å²) in [7, 11) is 0. The number of rotatable bonds is 2. The van der Waals surface area contributed by atoms with Crippen molar-refractivity contribution < 1.29 is 20.1 Å². The number of aromatic nitrogens is 3. The monoisotopic (exact) mass is 714 g/mol. The average Bonchev–Trinajstić information content (AvgIpc) is 3.67. The standard InChI is InChI=1S/C21H19N2.C16H16N.Ir/c1-2-9-16(10-3-1)21-22-19-12-6-11-18-17(15-7-4-5-8-15)13-14-23(21)20(18)19;1-11-12-7-4-5-8-13(12)15-14(16(11,2)3)9-6-10-17-15;/h1-3,6,9,11-13,15H,4-5,7-8,14H2;4-7,9-11H,1-3H3;/q2*-1;. The molecule has 2 aromatic heterocycles. The zero-order chi connectivity index (χ0) is 27.3. The van der Waals surface area contributed by atoms with E-state index >= 15 is 0 Å². The SMILES string of the molecule is CC1c2ccc[c-]c2-c2ncccc2C1(C)C.[Ir].[c-]1ccccc1-c1nc2cccc3c2n1CC=C3C1CCCC1. The summed E-state index contributed by atoms with van der Waals surface area (Å²) in [5, 5.41) is 0. The molecule has 3 nitrogen and oxygen atoms in total. The van der Waals surface area contributed by atoms with E-state index in [1.165, 1.54) is 53.5 Å². The van der Waals surface area contributed by atoms with Crippen LogP contribution >= 0.6 is 0 Å². The molecule has 0 amide bonds. The van der Waals surface area contributed by atoms with Crippen LogP contribution in [0, 0.1) is 18.1 Å². The molecule has 0 bridgehead atoms. The summed E-state index contributed by atoms with van der Waals surface area (Å²) in [6, 6.07) is 31.8. The molecule has 5 aromatic rings. The summed E-state index contributed by atoms with van der Waals surface area (Å²) in [6.45, 7) is 7.82. The molecule has 8 rings (SSSR count). The van der Waals surface area contributed by atoms with Crippen molar-refractivity contribution >= 4 is 16.6 Å². The summed E-state index contributed by atoms with van der Waals surface area (Å²) >= 11 is 0. The Labute approximate surface area is 257 Å². The third kappa shape index (κ3) is 4.72. The number of imidazole rings is 1. The van der Waals surface area contributed by atoms with Crippen LogP contribution in [0.5, 0.6) is 0 Å². The molecule has 2 aliphatic carbocycles. The van der Waals surface area contributed by atoms with E-state index in [-0.39, 0.29) is 25.5 Å². The minimum atomic E-state index is 0. The van der Waals surface area contributed by atoms with Crippen molar-refractivity contribution in [2.24, 2.45) is 5.92 Å². The Morgan fingerprint density at radius 1 is 0.902 bits per heavy atom. The van der Waals surface area contributed by atoms with Crippen LogP contribution in [0.1, 0.15) is 69.1 Å². The molecule has 3 aliphatic rings. The number of nitrogens with zero attached hydrogens (tertiary/aromatic N) is 3. The van der Waals surface area contributed by atoms with E-state index in [0.717, 1.165) is 35.1 Å².